The number of nitrogens with one attached hydrogen (secondary N) is 2. The number of fused-ring (bicyclic) bond motifs is 1. The van der Waals surface area contributed by atoms with Gasteiger partial charge in [0.05, 0.1) is 22.5 Å². The van der Waals surface area contributed by atoms with Crippen molar-refractivity contribution in [3.8, 4) is 6.07 Å². The van der Waals surface area contributed by atoms with Gasteiger partial charge in [-0.3, -0.25) is 0 Å². The molecule has 0 saturated heterocycles. The van der Waals surface area contributed by atoms with Gasteiger partial charge in [0.15, 0.2) is 0 Å². The van der Waals surface area contributed by atoms with E-state index in [-0.39, 0.29) is 0 Å². The molecule has 0 aliphatic rings. The predicted octanol–water partition coefficient (Wildman–Crippen LogP) is 3.76. The molecule has 3 rings (SSSR count). The number of benzene rings is 1. The number of nitriles is 1. The molecule has 0 unspecified atom stereocenters. The van der Waals surface area contributed by atoms with Gasteiger partial charge in [-0.25, -0.2) is 0 Å². The Morgan fingerprint density at radius 1 is 1.40 bits per heavy atom. The molecule has 5 nitrogen and oxygen atoms in total. The lowest BCUT2D eigenvalue weighted by Crippen LogP contribution is -1.89. The third kappa shape index (κ3) is 2.12. The fourth-order valence-electron chi connectivity index (χ4n) is 2.09. The second kappa shape index (κ2) is 4.94. The number of H-pyrrole nitrogens is 1. The van der Waals surface area contributed by atoms with Crippen LogP contribution < -0.4 is 4.72 Å². The minimum atomic E-state index is 0.654. The number of aromatic nitrogens is 2. The first-order valence-electron chi connectivity index (χ1n) is 6.06. The highest BCUT2D eigenvalue weighted by Gasteiger charge is 2.11. The molecule has 2 aromatic heterocycles. The van der Waals surface area contributed by atoms with Crippen LogP contribution in [0.3, 0.4) is 0 Å². The summed E-state index contributed by atoms with van der Waals surface area (Å²) in [5.41, 5.74) is 4.40. The Hall–Kier alpha value is -2.39. The average Bonchev–Trinajstić information content (AvgIpc) is 3.05. The van der Waals surface area contributed by atoms with Crippen molar-refractivity contribution >= 4 is 28.5 Å². The van der Waals surface area contributed by atoms with Crippen LogP contribution in [0, 0.1) is 25.2 Å². The highest BCUT2D eigenvalue weighted by molar-refractivity contribution is 8.00. The second-order valence-corrected chi connectivity index (χ2v) is 5.30. The number of aromatic amines is 1. The number of nitrogens with zero attached hydrogens (tertiary/aromatic N) is 2. The molecule has 0 aliphatic carbocycles. The molecular weight excluding hydrogens is 272 g/mol. The first kappa shape index (κ1) is 12.6. The van der Waals surface area contributed by atoms with Crippen LogP contribution in [-0.4, -0.2) is 10.1 Å². The molecule has 0 radical (unpaired) electrons. The summed E-state index contributed by atoms with van der Waals surface area (Å²) in [5, 5.41) is 14.6. The molecule has 3 aromatic rings. The van der Waals surface area contributed by atoms with Crippen molar-refractivity contribution in [2.75, 3.05) is 4.72 Å². The van der Waals surface area contributed by atoms with E-state index >= 15 is 0 Å². The first-order chi connectivity index (χ1) is 9.69. The quantitative estimate of drug-likeness (QED) is 0.716. The molecule has 0 spiro atoms. The molecule has 1 aromatic carbocycles. The molecule has 0 saturated carbocycles. The lowest BCUT2D eigenvalue weighted by atomic mass is 10.1. The topological polar surface area (TPSA) is 77.6 Å². The molecule has 0 atom stereocenters. The van der Waals surface area contributed by atoms with Crippen LogP contribution >= 0.6 is 11.9 Å². The van der Waals surface area contributed by atoms with E-state index in [1.54, 1.807) is 6.20 Å². The summed E-state index contributed by atoms with van der Waals surface area (Å²) < 4.78 is 8.36. The zero-order valence-electron chi connectivity index (χ0n) is 11.0. The molecule has 20 heavy (non-hydrogen) atoms. The fourth-order valence-corrected chi connectivity index (χ4v) is 2.77. The number of rotatable bonds is 3. The summed E-state index contributed by atoms with van der Waals surface area (Å²) in [6.45, 7) is 3.87. The van der Waals surface area contributed by atoms with Crippen molar-refractivity contribution in [1.82, 2.24) is 10.1 Å². The van der Waals surface area contributed by atoms with Crippen molar-refractivity contribution in [2.24, 2.45) is 0 Å². The maximum atomic E-state index is 9.13. The highest BCUT2D eigenvalue weighted by Crippen LogP contribution is 2.31. The van der Waals surface area contributed by atoms with Crippen LogP contribution in [-0.2, 0) is 0 Å². The van der Waals surface area contributed by atoms with Crippen molar-refractivity contribution in [3.63, 3.8) is 0 Å². The van der Waals surface area contributed by atoms with Crippen molar-refractivity contribution in [2.45, 2.75) is 18.9 Å². The maximum Gasteiger partial charge on any atom is 0.213 e. The van der Waals surface area contributed by atoms with Crippen molar-refractivity contribution in [3.05, 3.63) is 41.2 Å². The van der Waals surface area contributed by atoms with Gasteiger partial charge in [0.25, 0.3) is 0 Å². The van der Waals surface area contributed by atoms with Gasteiger partial charge in [-0.05, 0) is 25.5 Å². The van der Waals surface area contributed by atoms with E-state index in [0.29, 0.717) is 10.7 Å². The number of hydrogen-bond acceptors (Lipinski definition) is 5. The zero-order chi connectivity index (χ0) is 14.1. The number of anilines is 1. The Kier molecular flexibility index (Phi) is 3.12. The van der Waals surface area contributed by atoms with Gasteiger partial charge in [0.2, 0.25) is 5.09 Å². The lowest BCUT2D eigenvalue weighted by Gasteiger charge is -2.06. The fraction of sp³-hybridized carbons (Fsp3) is 0.143. The third-order valence-electron chi connectivity index (χ3n) is 3.03. The van der Waals surface area contributed by atoms with Crippen LogP contribution in [0.1, 0.15) is 16.8 Å². The third-order valence-corrected chi connectivity index (χ3v) is 3.75. The largest absolute Gasteiger partial charge is 0.358 e. The molecular formula is C14H12N4OS. The molecule has 0 bridgehead atoms. The highest BCUT2D eigenvalue weighted by atomic mass is 32.2. The normalized spacial score (nSPS) is 10.7. The van der Waals surface area contributed by atoms with Gasteiger partial charge < -0.3 is 14.2 Å². The Balaban J connectivity index is 1.94. The summed E-state index contributed by atoms with van der Waals surface area (Å²) in [6, 6.07) is 8.03. The van der Waals surface area contributed by atoms with Crippen LogP contribution in [0.25, 0.3) is 10.9 Å². The molecule has 2 N–H and O–H groups in total. The standard InChI is InChI=1S/C14H12N4OS/c1-8-3-4-11(14-13(8)10(6-15)7-16-14)18-20-12-5-9(2)17-19-12/h3-5,7,16,18H,1-2H3. The van der Waals surface area contributed by atoms with Gasteiger partial charge in [0, 0.05) is 29.6 Å². The van der Waals surface area contributed by atoms with Crippen LogP contribution in [0.5, 0.6) is 0 Å². The molecule has 100 valence electrons. The molecule has 0 fully saturated rings. The molecule has 6 heteroatoms. The van der Waals surface area contributed by atoms with Crippen LogP contribution in [0.2, 0.25) is 0 Å². The number of aryl methyl sites for hydroxylation is 2. The van der Waals surface area contributed by atoms with E-state index in [1.165, 1.54) is 11.9 Å². The van der Waals surface area contributed by atoms with Crippen molar-refractivity contribution in [1.29, 1.82) is 5.26 Å². The SMILES string of the molecule is Cc1cc(SNc2ccc(C)c3c(C#N)c[nH]c23)on1. The Labute approximate surface area is 120 Å². The summed E-state index contributed by atoms with van der Waals surface area (Å²) in [6.07, 6.45) is 1.73. The molecule has 0 amide bonds. The summed E-state index contributed by atoms with van der Waals surface area (Å²) >= 11 is 1.35. The smallest absolute Gasteiger partial charge is 0.213 e. The maximum absolute atomic E-state index is 9.13. The number of hydrogen-bond donors (Lipinski definition) is 2. The molecule has 2 heterocycles. The minimum Gasteiger partial charge on any atom is -0.358 e. The second-order valence-electron chi connectivity index (χ2n) is 4.49. The van der Waals surface area contributed by atoms with E-state index in [4.69, 9.17) is 9.78 Å². The monoisotopic (exact) mass is 284 g/mol. The predicted molar refractivity (Wildman–Crippen MR) is 78.5 cm³/mol. The Morgan fingerprint density at radius 3 is 2.95 bits per heavy atom. The molecule has 0 aliphatic heterocycles. The Morgan fingerprint density at radius 2 is 2.25 bits per heavy atom. The van der Waals surface area contributed by atoms with Crippen molar-refractivity contribution < 1.29 is 4.52 Å². The first-order valence-corrected chi connectivity index (χ1v) is 6.87. The van der Waals surface area contributed by atoms with E-state index in [0.717, 1.165) is 27.8 Å². The minimum absolute atomic E-state index is 0.654. The van der Waals surface area contributed by atoms with E-state index in [1.807, 2.05) is 32.0 Å². The lowest BCUT2D eigenvalue weighted by molar-refractivity contribution is 0.347. The van der Waals surface area contributed by atoms with Gasteiger partial charge in [0.1, 0.15) is 6.07 Å². The van der Waals surface area contributed by atoms with E-state index in [9.17, 15) is 0 Å². The van der Waals surface area contributed by atoms with E-state index in [2.05, 4.69) is 20.9 Å². The average molecular weight is 284 g/mol. The van der Waals surface area contributed by atoms with Gasteiger partial charge in [-0.15, -0.1) is 0 Å². The summed E-state index contributed by atoms with van der Waals surface area (Å²) in [5.74, 6) is 0. The van der Waals surface area contributed by atoms with E-state index < -0.39 is 0 Å². The van der Waals surface area contributed by atoms with Crippen LogP contribution in [0.15, 0.2) is 34.0 Å². The zero-order valence-corrected chi connectivity index (χ0v) is 11.8. The van der Waals surface area contributed by atoms with Crippen LogP contribution in [0.4, 0.5) is 5.69 Å². The Bertz CT molecular complexity index is 812. The summed E-state index contributed by atoms with van der Waals surface area (Å²) in [7, 11) is 0. The van der Waals surface area contributed by atoms with Gasteiger partial charge in [-0.1, -0.05) is 11.2 Å². The summed E-state index contributed by atoms with van der Waals surface area (Å²) in [4.78, 5) is 3.15. The van der Waals surface area contributed by atoms with Gasteiger partial charge >= 0.3 is 0 Å². The van der Waals surface area contributed by atoms with Gasteiger partial charge in [-0.2, -0.15) is 5.26 Å².